The molecule has 0 aliphatic carbocycles. The van der Waals surface area contributed by atoms with Crippen LogP contribution in [0.25, 0.3) is 0 Å². The van der Waals surface area contributed by atoms with E-state index in [-0.39, 0.29) is 13.2 Å². The first-order valence-electron chi connectivity index (χ1n) is 8.62. The molecule has 0 unspecified atom stereocenters. The van der Waals surface area contributed by atoms with Crippen molar-refractivity contribution in [2.45, 2.75) is 43.9 Å². The molecular weight excluding hydrogens is 336 g/mol. The van der Waals surface area contributed by atoms with Gasteiger partial charge in [-0.25, -0.2) is 0 Å². The molecule has 0 radical (unpaired) electrons. The first-order valence-corrected chi connectivity index (χ1v) is 8.62. The second kappa shape index (κ2) is 9.23. The van der Waals surface area contributed by atoms with Crippen LogP contribution in [-0.4, -0.2) is 52.6 Å². The highest BCUT2D eigenvalue weighted by molar-refractivity contribution is 5.14. The zero-order valence-corrected chi connectivity index (χ0v) is 14.3. The van der Waals surface area contributed by atoms with E-state index in [4.69, 9.17) is 14.2 Å². The van der Waals surface area contributed by atoms with Gasteiger partial charge in [0, 0.05) is 0 Å². The lowest BCUT2D eigenvalue weighted by molar-refractivity contribution is -0.307. The van der Waals surface area contributed by atoms with Crippen molar-refractivity contribution in [3.63, 3.8) is 0 Å². The molecule has 3 N–H and O–H groups in total. The molecular formula is C20H24O6. The Morgan fingerprint density at radius 1 is 0.769 bits per heavy atom. The molecule has 0 saturated carbocycles. The van der Waals surface area contributed by atoms with Gasteiger partial charge in [0.05, 0.1) is 19.8 Å². The second-order valence-electron chi connectivity index (χ2n) is 6.26. The van der Waals surface area contributed by atoms with Gasteiger partial charge in [-0.05, 0) is 11.1 Å². The summed E-state index contributed by atoms with van der Waals surface area (Å²) in [5.74, 6) is 0. The van der Waals surface area contributed by atoms with Crippen molar-refractivity contribution in [1.82, 2.24) is 0 Å². The number of ether oxygens (including phenoxy) is 3. The first-order chi connectivity index (χ1) is 12.7. The van der Waals surface area contributed by atoms with E-state index < -0.39 is 37.3 Å². The largest absolute Gasteiger partial charge is 0.394 e. The van der Waals surface area contributed by atoms with Crippen molar-refractivity contribution >= 4 is 0 Å². The molecule has 2 aromatic carbocycles. The smallest absolute Gasteiger partial charge is 0.184 e. The van der Waals surface area contributed by atoms with Gasteiger partial charge in [0.2, 0.25) is 0 Å². The molecule has 5 atom stereocenters. The Labute approximate surface area is 152 Å². The molecule has 1 aliphatic rings. The lowest BCUT2D eigenvalue weighted by Gasteiger charge is -2.42. The summed E-state index contributed by atoms with van der Waals surface area (Å²) in [7, 11) is 0. The third-order valence-corrected chi connectivity index (χ3v) is 4.39. The van der Waals surface area contributed by atoms with Crippen LogP contribution in [0.5, 0.6) is 0 Å². The van der Waals surface area contributed by atoms with Crippen LogP contribution in [0.4, 0.5) is 0 Å². The number of rotatable bonds is 7. The highest BCUT2D eigenvalue weighted by Crippen LogP contribution is 2.26. The molecule has 6 heteroatoms. The summed E-state index contributed by atoms with van der Waals surface area (Å²) in [4.78, 5) is 0. The minimum Gasteiger partial charge on any atom is -0.394 e. The van der Waals surface area contributed by atoms with Crippen molar-refractivity contribution in [3.8, 4) is 0 Å². The SMILES string of the molecule is OC[C@H]1O[C@@H](O)[C@H](OCc2ccccc2)[C@@H](OCc2ccccc2)[C@@H]1O. The summed E-state index contributed by atoms with van der Waals surface area (Å²) >= 11 is 0. The van der Waals surface area contributed by atoms with Crippen molar-refractivity contribution < 1.29 is 29.5 Å². The summed E-state index contributed by atoms with van der Waals surface area (Å²) < 4.78 is 16.9. The van der Waals surface area contributed by atoms with Gasteiger partial charge in [-0.2, -0.15) is 0 Å². The number of benzene rings is 2. The third kappa shape index (κ3) is 4.67. The second-order valence-corrected chi connectivity index (χ2v) is 6.26. The Bertz CT molecular complexity index is 650. The van der Waals surface area contributed by atoms with Crippen LogP contribution in [-0.2, 0) is 27.4 Å². The Morgan fingerprint density at radius 3 is 1.77 bits per heavy atom. The van der Waals surface area contributed by atoms with E-state index in [1.807, 2.05) is 60.7 Å². The topological polar surface area (TPSA) is 88.4 Å². The zero-order valence-electron chi connectivity index (χ0n) is 14.3. The van der Waals surface area contributed by atoms with E-state index in [1.165, 1.54) is 0 Å². The molecule has 0 aromatic heterocycles. The Hall–Kier alpha value is -1.80. The Balaban J connectivity index is 1.69. The zero-order chi connectivity index (χ0) is 18.4. The maximum atomic E-state index is 10.5. The summed E-state index contributed by atoms with van der Waals surface area (Å²) in [5.41, 5.74) is 1.86. The third-order valence-electron chi connectivity index (χ3n) is 4.39. The molecule has 6 nitrogen and oxygen atoms in total. The van der Waals surface area contributed by atoms with Gasteiger partial charge in [-0.1, -0.05) is 60.7 Å². The average Bonchev–Trinajstić information content (AvgIpc) is 2.69. The van der Waals surface area contributed by atoms with Crippen LogP contribution in [0, 0.1) is 0 Å². The molecule has 1 aliphatic heterocycles. The summed E-state index contributed by atoms with van der Waals surface area (Å²) in [5, 5.41) is 30.2. The van der Waals surface area contributed by atoms with Crippen LogP contribution < -0.4 is 0 Å². The summed E-state index contributed by atoms with van der Waals surface area (Å²) in [6.07, 6.45) is -5.06. The number of aliphatic hydroxyl groups is 3. The standard InChI is InChI=1S/C20H24O6/c21-11-16-17(22)18(24-12-14-7-3-1-4-8-14)19(20(23)26-16)25-13-15-9-5-2-6-10-15/h1-10,16-23H,11-13H2/t16-,17-,18+,19-,20-/m1/s1. The highest BCUT2D eigenvalue weighted by atomic mass is 16.7. The highest BCUT2D eigenvalue weighted by Gasteiger charge is 2.46. The van der Waals surface area contributed by atoms with Crippen molar-refractivity contribution in [1.29, 1.82) is 0 Å². The fourth-order valence-corrected chi connectivity index (χ4v) is 2.96. The minimum absolute atomic E-state index is 0.244. The van der Waals surface area contributed by atoms with Crippen LogP contribution in [0.1, 0.15) is 11.1 Å². The lowest BCUT2D eigenvalue weighted by Crippen LogP contribution is -2.60. The van der Waals surface area contributed by atoms with E-state index in [2.05, 4.69) is 0 Å². The van der Waals surface area contributed by atoms with Crippen molar-refractivity contribution in [2.24, 2.45) is 0 Å². The quantitative estimate of drug-likeness (QED) is 0.688. The van der Waals surface area contributed by atoms with Gasteiger partial charge in [0.1, 0.15) is 24.4 Å². The molecule has 1 saturated heterocycles. The number of hydrogen-bond acceptors (Lipinski definition) is 6. The van der Waals surface area contributed by atoms with E-state index in [0.717, 1.165) is 11.1 Å². The molecule has 3 rings (SSSR count). The number of hydrogen-bond donors (Lipinski definition) is 3. The van der Waals surface area contributed by atoms with Gasteiger partial charge in [-0.15, -0.1) is 0 Å². The Morgan fingerprint density at radius 2 is 1.27 bits per heavy atom. The predicted octanol–water partition coefficient (Wildman–Crippen LogP) is 1.23. The number of aliphatic hydroxyl groups excluding tert-OH is 3. The lowest BCUT2D eigenvalue weighted by atomic mass is 9.98. The minimum atomic E-state index is -1.31. The van der Waals surface area contributed by atoms with Crippen molar-refractivity contribution in [3.05, 3.63) is 71.8 Å². The van der Waals surface area contributed by atoms with Gasteiger partial charge >= 0.3 is 0 Å². The molecule has 0 amide bonds. The Kier molecular flexibility index (Phi) is 6.73. The van der Waals surface area contributed by atoms with Gasteiger partial charge < -0.3 is 29.5 Å². The van der Waals surface area contributed by atoms with Crippen molar-refractivity contribution in [2.75, 3.05) is 6.61 Å². The molecule has 2 aromatic rings. The van der Waals surface area contributed by atoms with Gasteiger partial charge in [0.15, 0.2) is 6.29 Å². The van der Waals surface area contributed by atoms with E-state index in [9.17, 15) is 15.3 Å². The molecule has 1 fully saturated rings. The molecule has 0 spiro atoms. The normalized spacial score (nSPS) is 28.8. The van der Waals surface area contributed by atoms with E-state index in [1.54, 1.807) is 0 Å². The van der Waals surface area contributed by atoms with Crippen LogP contribution in [0.3, 0.4) is 0 Å². The molecule has 1 heterocycles. The maximum absolute atomic E-state index is 10.5. The van der Waals surface area contributed by atoms with Crippen LogP contribution in [0.15, 0.2) is 60.7 Å². The fourth-order valence-electron chi connectivity index (χ4n) is 2.96. The van der Waals surface area contributed by atoms with Gasteiger partial charge in [0.25, 0.3) is 0 Å². The molecule has 0 bridgehead atoms. The van der Waals surface area contributed by atoms with E-state index in [0.29, 0.717) is 0 Å². The summed E-state index contributed by atoms with van der Waals surface area (Å²) in [6, 6.07) is 19.0. The summed E-state index contributed by atoms with van der Waals surface area (Å²) in [6.45, 7) is 0.0705. The maximum Gasteiger partial charge on any atom is 0.184 e. The van der Waals surface area contributed by atoms with Crippen LogP contribution >= 0.6 is 0 Å². The predicted molar refractivity (Wildman–Crippen MR) is 94.0 cm³/mol. The first kappa shape index (κ1) is 19.0. The molecule has 26 heavy (non-hydrogen) atoms. The van der Waals surface area contributed by atoms with Gasteiger partial charge in [-0.3, -0.25) is 0 Å². The monoisotopic (exact) mass is 360 g/mol. The average molecular weight is 360 g/mol. The molecule has 140 valence electrons. The fraction of sp³-hybridized carbons (Fsp3) is 0.400. The van der Waals surface area contributed by atoms with Crippen LogP contribution in [0.2, 0.25) is 0 Å². The van der Waals surface area contributed by atoms with E-state index >= 15 is 0 Å².